The van der Waals surface area contributed by atoms with Gasteiger partial charge in [0.25, 0.3) is 5.91 Å². The van der Waals surface area contributed by atoms with Crippen LogP contribution in [0, 0.1) is 0 Å². The lowest BCUT2D eigenvalue weighted by Crippen LogP contribution is -2.34. The van der Waals surface area contributed by atoms with Gasteiger partial charge in [-0.15, -0.1) is 0 Å². The molecule has 0 radical (unpaired) electrons. The molecule has 1 heterocycles. The molecule has 1 aliphatic rings. The molecule has 0 N–H and O–H groups in total. The van der Waals surface area contributed by atoms with Gasteiger partial charge in [0.05, 0.1) is 17.6 Å². The summed E-state index contributed by atoms with van der Waals surface area (Å²) in [5, 5.41) is 0.615. The van der Waals surface area contributed by atoms with Crippen molar-refractivity contribution in [3.63, 3.8) is 0 Å². The molecule has 1 saturated heterocycles. The Morgan fingerprint density at radius 1 is 1.28 bits per heavy atom. The SMILES string of the molecule is COc1ccc([C@@H]2CCCN2C(=O)COc2ccc(Cl)cc2Br)cc1. The van der Waals surface area contributed by atoms with Crippen LogP contribution in [-0.4, -0.2) is 31.1 Å². The quantitative estimate of drug-likeness (QED) is 0.688. The number of rotatable bonds is 5. The van der Waals surface area contributed by atoms with E-state index in [1.165, 1.54) is 0 Å². The molecule has 1 amide bonds. The van der Waals surface area contributed by atoms with Crippen LogP contribution in [0.5, 0.6) is 11.5 Å². The van der Waals surface area contributed by atoms with E-state index in [2.05, 4.69) is 15.9 Å². The Labute approximate surface area is 160 Å². The van der Waals surface area contributed by atoms with Crippen molar-refractivity contribution in [2.24, 2.45) is 0 Å². The van der Waals surface area contributed by atoms with Crippen molar-refractivity contribution in [2.75, 3.05) is 20.3 Å². The Bertz CT molecular complexity index is 751. The van der Waals surface area contributed by atoms with E-state index in [1.54, 1.807) is 25.3 Å². The lowest BCUT2D eigenvalue weighted by Gasteiger charge is -2.25. The van der Waals surface area contributed by atoms with Crippen molar-refractivity contribution >= 4 is 33.4 Å². The topological polar surface area (TPSA) is 38.8 Å². The van der Waals surface area contributed by atoms with Gasteiger partial charge in [-0.3, -0.25) is 4.79 Å². The van der Waals surface area contributed by atoms with Gasteiger partial charge >= 0.3 is 0 Å². The van der Waals surface area contributed by atoms with Gasteiger partial charge in [-0.1, -0.05) is 23.7 Å². The first-order valence-electron chi connectivity index (χ1n) is 8.10. The standard InChI is InChI=1S/C19H19BrClNO3/c1-24-15-7-4-13(5-8-15)17-3-2-10-22(17)19(23)12-25-18-9-6-14(21)11-16(18)20/h4-9,11,17H,2-3,10,12H2,1H3/t17-/m0/s1. The van der Waals surface area contributed by atoms with Crippen molar-refractivity contribution in [2.45, 2.75) is 18.9 Å². The van der Waals surface area contributed by atoms with E-state index < -0.39 is 0 Å². The minimum absolute atomic E-state index is 0.00683. The number of ether oxygens (including phenoxy) is 2. The maximum Gasteiger partial charge on any atom is 0.261 e. The van der Waals surface area contributed by atoms with Crippen molar-refractivity contribution in [1.29, 1.82) is 0 Å². The van der Waals surface area contributed by atoms with E-state index in [0.29, 0.717) is 10.8 Å². The summed E-state index contributed by atoms with van der Waals surface area (Å²) in [5.41, 5.74) is 1.12. The maximum atomic E-state index is 12.6. The second kappa shape index (κ2) is 8.11. The van der Waals surface area contributed by atoms with Crippen molar-refractivity contribution < 1.29 is 14.3 Å². The second-order valence-corrected chi connectivity index (χ2v) is 7.17. The molecule has 1 fully saturated rings. The average Bonchev–Trinajstić information content (AvgIpc) is 3.10. The zero-order valence-electron chi connectivity index (χ0n) is 13.9. The van der Waals surface area contributed by atoms with Gasteiger partial charge < -0.3 is 14.4 Å². The van der Waals surface area contributed by atoms with Gasteiger partial charge in [0.1, 0.15) is 11.5 Å². The van der Waals surface area contributed by atoms with Crippen molar-refractivity contribution in [1.82, 2.24) is 4.90 Å². The highest BCUT2D eigenvalue weighted by molar-refractivity contribution is 9.10. The molecule has 132 valence electrons. The molecule has 3 rings (SSSR count). The summed E-state index contributed by atoms with van der Waals surface area (Å²) in [7, 11) is 1.65. The van der Waals surface area contributed by atoms with E-state index >= 15 is 0 Å². The molecule has 4 nitrogen and oxygen atoms in total. The number of likely N-dealkylation sites (tertiary alicyclic amines) is 1. The van der Waals surface area contributed by atoms with Gasteiger partial charge in [0.15, 0.2) is 6.61 Å². The lowest BCUT2D eigenvalue weighted by molar-refractivity contribution is -0.134. The van der Waals surface area contributed by atoms with Gasteiger partial charge in [-0.05, 0) is 64.7 Å². The van der Waals surface area contributed by atoms with Crippen LogP contribution in [0.25, 0.3) is 0 Å². The van der Waals surface area contributed by atoms with E-state index in [0.717, 1.165) is 35.2 Å². The highest BCUT2D eigenvalue weighted by Crippen LogP contribution is 2.33. The number of nitrogens with zero attached hydrogens (tertiary/aromatic N) is 1. The number of methoxy groups -OCH3 is 1. The lowest BCUT2D eigenvalue weighted by atomic mass is 10.0. The largest absolute Gasteiger partial charge is 0.497 e. The Kier molecular flexibility index (Phi) is 5.86. The first kappa shape index (κ1) is 18.1. The molecule has 6 heteroatoms. The highest BCUT2D eigenvalue weighted by atomic mass is 79.9. The fourth-order valence-electron chi connectivity index (χ4n) is 3.05. The Balaban J connectivity index is 1.65. The Morgan fingerprint density at radius 3 is 2.72 bits per heavy atom. The van der Waals surface area contributed by atoms with Crippen LogP contribution in [0.4, 0.5) is 0 Å². The van der Waals surface area contributed by atoms with E-state index in [1.807, 2.05) is 29.2 Å². The van der Waals surface area contributed by atoms with Crippen LogP contribution in [-0.2, 0) is 4.79 Å². The Hall–Kier alpha value is -1.72. The number of hydrogen-bond donors (Lipinski definition) is 0. The van der Waals surface area contributed by atoms with Crippen LogP contribution >= 0.6 is 27.5 Å². The summed E-state index contributed by atoms with van der Waals surface area (Å²) in [6.45, 7) is 0.758. The van der Waals surface area contributed by atoms with Crippen molar-refractivity contribution in [3.8, 4) is 11.5 Å². The molecular weight excluding hydrogens is 406 g/mol. The minimum Gasteiger partial charge on any atom is -0.497 e. The Morgan fingerprint density at radius 2 is 2.04 bits per heavy atom. The monoisotopic (exact) mass is 423 g/mol. The smallest absolute Gasteiger partial charge is 0.261 e. The third-order valence-corrected chi connectivity index (χ3v) is 5.17. The van der Waals surface area contributed by atoms with Crippen LogP contribution in [0.3, 0.4) is 0 Å². The van der Waals surface area contributed by atoms with E-state index in [4.69, 9.17) is 21.1 Å². The number of carbonyl (C=O) groups is 1. The molecule has 0 saturated carbocycles. The fourth-order valence-corrected chi connectivity index (χ4v) is 3.85. The summed E-state index contributed by atoms with van der Waals surface area (Å²) in [4.78, 5) is 14.5. The summed E-state index contributed by atoms with van der Waals surface area (Å²) in [6.07, 6.45) is 1.95. The van der Waals surface area contributed by atoms with Gasteiger partial charge in [0.2, 0.25) is 0 Å². The highest BCUT2D eigenvalue weighted by Gasteiger charge is 2.30. The number of hydrogen-bond acceptors (Lipinski definition) is 3. The van der Waals surface area contributed by atoms with Gasteiger partial charge in [-0.25, -0.2) is 0 Å². The van der Waals surface area contributed by atoms with Crippen LogP contribution < -0.4 is 9.47 Å². The van der Waals surface area contributed by atoms with Gasteiger partial charge in [0, 0.05) is 11.6 Å². The van der Waals surface area contributed by atoms with E-state index in [-0.39, 0.29) is 18.6 Å². The molecule has 0 bridgehead atoms. The summed E-state index contributed by atoms with van der Waals surface area (Å²) in [5.74, 6) is 1.41. The zero-order chi connectivity index (χ0) is 17.8. The molecule has 1 atom stereocenters. The molecular formula is C19H19BrClNO3. The molecule has 25 heavy (non-hydrogen) atoms. The predicted molar refractivity (Wildman–Crippen MR) is 101 cm³/mol. The summed E-state index contributed by atoms with van der Waals surface area (Å²) >= 11 is 9.32. The predicted octanol–water partition coefficient (Wildman–Crippen LogP) is 4.85. The fraction of sp³-hybridized carbons (Fsp3) is 0.316. The number of carbonyl (C=O) groups excluding carboxylic acids is 1. The molecule has 2 aromatic rings. The van der Waals surface area contributed by atoms with Crippen molar-refractivity contribution in [3.05, 3.63) is 57.5 Å². The second-order valence-electron chi connectivity index (χ2n) is 5.88. The average molecular weight is 425 g/mol. The third kappa shape index (κ3) is 4.28. The minimum atomic E-state index is -0.0137. The third-order valence-electron chi connectivity index (χ3n) is 4.32. The normalized spacial score (nSPS) is 16.8. The molecule has 0 spiro atoms. The number of amides is 1. The molecule has 0 unspecified atom stereocenters. The maximum absolute atomic E-state index is 12.6. The molecule has 2 aromatic carbocycles. The summed E-state index contributed by atoms with van der Waals surface area (Å²) < 4.78 is 11.6. The van der Waals surface area contributed by atoms with Crippen LogP contribution in [0.1, 0.15) is 24.4 Å². The number of halogens is 2. The zero-order valence-corrected chi connectivity index (χ0v) is 16.2. The van der Waals surface area contributed by atoms with Crippen LogP contribution in [0.2, 0.25) is 5.02 Å². The summed E-state index contributed by atoms with van der Waals surface area (Å²) in [6, 6.07) is 13.2. The first-order valence-corrected chi connectivity index (χ1v) is 9.27. The molecule has 0 aromatic heterocycles. The number of benzene rings is 2. The van der Waals surface area contributed by atoms with Gasteiger partial charge in [-0.2, -0.15) is 0 Å². The van der Waals surface area contributed by atoms with Crippen LogP contribution in [0.15, 0.2) is 46.9 Å². The molecule has 0 aliphatic carbocycles. The van der Waals surface area contributed by atoms with E-state index in [9.17, 15) is 4.79 Å². The molecule has 1 aliphatic heterocycles. The first-order chi connectivity index (χ1) is 12.1.